The molecule has 4 nitrogen and oxygen atoms in total. The van der Waals surface area contributed by atoms with Gasteiger partial charge in [0, 0.05) is 23.9 Å². The molecule has 0 spiro atoms. The number of nitrogens with one attached hydrogen (secondary N) is 1. The van der Waals surface area contributed by atoms with Gasteiger partial charge in [0.25, 0.3) is 0 Å². The predicted octanol–water partition coefficient (Wildman–Crippen LogP) is 5.17. The van der Waals surface area contributed by atoms with Crippen LogP contribution >= 0.6 is 0 Å². The third-order valence-corrected chi connectivity index (χ3v) is 8.36. The van der Waals surface area contributed by atoms with Gasteiger partial charge in [-0.25, -0.2) is 0 Å². The van der Waals surface area contributed by atoms with Crippen LogP contribution in [0.15, 0.2) is 18.2 Å². The second kappa shape index (κ2) is 11.7. The van der Waals surface area contributed by atoms with Crippen LogP contribution in [0.1, 0.15) is 82.3 Å². The van der Waals surface area contributed by atoms with Crippen LogP contribution in [0.2, 0.25) is 0 Å². The number of ketones is 1. The molecule has 0 unspecified atom stereocenters. The molecule has 1 aliphatic heterocycles. The van der Waals surface area contributed by atoms with E-state index in [4.69, 9.17) is 4.74 Å². The van der Waals surface area contributed by atoms with Crippen molar-refractivity contribution in [3.8, 4) is 5.75 Å². The summed E-state index contributed by atoms with van der Waals surface area (Å²) >= 11 is 0. The Kier molecular flexibility index (Phi) is 8.65. The lowest BCUT2D eigenvalue weighted by atomic mass is 9.79. The Labute approximate surface area is 195 Å². The molecule has 1 aromatic carbocycles. The largest absolute Gasteiger partial charge is 0.497 e. The maximum Gasteiger partial charge on any atom is 0.139 e. The molecule has 3 aliphatic rings. The molecule has 1 saturated carbocycles. The van der Waals surface area contributed by atoms with Crippen LogP contribution in [0.4, 0.5) is 0 Å². The Bertz CT molecular complexity index is 733. The lowest BCUT2D eigenvalue weighted by Gasteiger charge is -2.42. The molecule has 178 valence electrons. The summed E-state index contributed by atoms with van der Waals surface area (Å²) in [5.74, 6) is 2.23. The monoisotopic (exact) mass is 440 g/mol. The second-order valence-electron chi connectivity index (χ2n) is 10.4. The van der Waals surface area contributed by atoms with Crippen molar-refractivity contribution >= 4 is 5.78 Å². The first-order valence-electron chi connectivity index (χ1n) is 13.4. The first-order valence-corrected chi connectivity index (χ1v) is 13.4. The number of benzene rings is 1. The number of rotatable bonds is 7. The van der Waals surface area contributed by atoms with Crippen molar-refractivity contribution in [2.45, 2.75) is 96.1 Å². The highest BCUT2D eigenvalue weighted by molar-refractivity contribution is 5.83. The number of hydrogen-bond donors (Lipinski definition) is 1. The van der Waals surface area contributed by atoms with Gasteiger partial charge < -0.3 is 10.1 Å². The highest BCUT2D eigenvalue weighted by Gasteiger charge is 2.32. The maximum atomic E-state index is 13.1. The molecular weight excluding hydrogens is 396 g/mol. The molecular formula is C28H44N2O2. The van der Waals surface area contributed by atoms with Gasteiger partial charge in [-0.05, 0) is 107 Å². The van der Waals surface area contributed by atoms with E-state index in [2.05, 4.69) is 35.3 Å². The minimum Gasteiger partial charge on any atom is -0.497 e. The van der Waals surface area contributed by atoms with E-state index in [-0.39, 0.29) is 0 Å². The van der Waals surface area contributed by atoms with Crippen molar-refractivity contribution < 1.29 is 9.53 Å². The Balaban J connectivity index is 1.36. The summed E-state index contributed by atoms with van der Waals surface area (Å²) in [6.45, 7) is 5.57. The van der Waals surface area contributed by atoms with Gasteiger partial charge in [0.15, 0.2) is 0 Å². The highest BCUT2D eigenvalue weighted by atomic mass is 16.5. The number of fused-ring (bicyclic) bond motifs is 1. The predicted molar refractivity (Wildman–Crippen MR) is 131 cm³/mol. The molecule has 1 N–H and O–H groups in total. The standard InChI is InChI=1S/C28H44N2O2/c1-3-18-30(26-12-10-21-11-13-27(32-2)20-24(21)19-26)25-8-4-6-22(7-5-9-25)28(31)23-14-16-29-17-15-23/h11,13,20,22-23,25-26,29H,3-10,12,14-19H2,1-2H3/t22?,25?,26-/m1/s1. The maximum absolute atomic E-state index is 13.1. The van der Waals surface area contributed by atoms with Crippen molar-refractivity contribution in [3.63, 3.8) is 0 Å². The summed E-state index contributed by atoms with van der Waals surface area (Å²) in [5.41, 5.74) is 3.00. The molecule has 4 heteroatoms. The fraction of sp³-hybridized carbons (Fsp3) is 0.750. The first-order chi connectivity index (χ1) is 15.7. The van der Waals surface area contributed by atoms with E-state index in [0.29, 0.717) is 29.7 Å². The fourth-order valence-corrected chi connectivity index (χ4v) is 6.59. The van der Waals surface area contributed by atoms with Crippen LogP contribution < -0.4 is 10.1 Å². The third-order valence-electron chi connectivity index (χ3n) is 8.36. The fourth-order valence-electron chi connectivity index (χ4n) is 6.59. The third kappa shape index (κ3) is 5.75. The molecule has 0 amide bonds. The second-order valence-corrected chi connectivity index (χ2v) is 10.4. The summed E-state index contributed by atoms with van der Waals surface area (Å²) in [7, 11) is 1.77. The van der Waals surface area contributed by atoms with Gasteiger partial charge in [0.1, 0.15) is 11.5 Å². The number of aryl methyl sites for hydroxylation is 1. The van der Waals surface area contributed by atoms with E-state index in [1.807, 2.05) is 0 Å². The number of methoxy groups -OCH3 is 1. The van der Waals surface area contributed by atoms with E-state index in [9.17, 15) is 4.79 Å². The Hall–Kier alpha value is -1.39. The van der Waals surface area contributed by atoms with Crippen LogP contribution in [0.25, 0.3) is 0 Å². The van der Waals surface area contributed by atoms with Gasteiger partial charge in [-0.15, -0.1) is 0 Å². The molecule has 32 heavy (non-hydrogen) atoms. The van der Waals surface area contributed by atoms with Crippen molar-refractivity contribution in [1.82, 2.24) is 10.2 Å². The molecule has 1 saturated heterocycles. The average Bonchev–Trinajstić information content (AvgIpc) is 2.82. The molecule has 1 atom stereocenters. The average molecular weight is 441 g/mol. The van der Waals surface area contributed by atoms with E-state index in [1.165, 1.54) is 62.6 Å². The van der Waals surface area contributed by atoms with Crippen molar-refractivity contribution in [1.29, 1.82) is 0 Å². The molecule has 2 fully saturated rings. The molecule has 1 heterocycles. The van der Waals surface area contributed by atoms with Gasteiger partial charge in [0.2, 0.25) is 0 Å². The minimum atomic E-state index is 0.326. The Morgan fingerprint density at radius 3 is 2.38 bits per heavy atom. The number of nitrogens with zero attached hydrogens (tertiary/aromatic N) is 1. The van der Waals surface area contributed by atoms with Crippen LogP contribution in [0.5, 0.6) is 5.75 Å². The topological polar surface area (TPSA) is 41.6 Å². The van der Waals surface area contributed by atoms with E-state index >= 15 is 0 Å². The van der Waals surface area contributed by atoms with Crippen molar-refractivity contribution in [2.24, 2.45) is 11.8 Å². The smallest absolute Gasteiger partial charge is 0.139 e. The van der Waals surface area contributed by atoms with Crippen LogP contribution in [-0.4, -0.2) is 49.5 Å². The summed E-state index contributed by atoms with van der Waals surface area (Å²) < 4.78 is 5.50. The summed E-state index contributed by atoms with van der Waals surface area (Å²) in [5, 5.41) is 3.40. The lowest BCUT2D eigenvalue weighted by Crippen LogP contribution is -2.47. The zero-order chi connectivity index (χ0) is 22.3. The normalized spacial score (nSPS) is 27.4. The molecule has 0 radical (unpaired) electrons. The summed E-state index contributed by atoms with van der Waals surface area (Å²) in [6.07, 6.45) is 14.1. The number of ether oxygens (including phenoxy) is 1. The molecule has 1 aromatic rings. The van der Waals surface area contributed by atoms with Gasteiger partial charge in [-0.1, -0.05) is 25.8 Å². The quantitative estimate of drug-likeness (QED) is 0.635. The van der Waals surface area contributed by atoms with Crippen molar-refractivity contribution in [2.75, 3.05) is 26.7 Å². The number of carbonyl (C=O) groups is 1. The number of Topliss-reactive ketones (excluding diaryl/α,β-unsaturated/α-hetero) is 1. The Morgan fingerprint density at radius 1 is 0.969 bits per heavy atom. The minimum absolute atomic E-state index is 0.326. The van der Waals surface area contributed by atoms with Gasteiger partial charge in [-0.3, -0.25) is 9.69 Å². The van der Waals surface area contributed by atoms with Gasteiger partial charge in [0.05, 0.1) is 7.11 Å². The SMILES string of the molecule is CCCN(C1CCCC(C(=O)C2CCNCC2)CCC1)[C@@H]1CCc2ccc(OC)cc2C1. The van der Waals surface area contributed by atoms with Crippen LogP contribution in [-0.2, 0) is 17.6 Å². The van der Waals surface area contributed by atoms with E-state index in [0.717, 1.165) is 50.9 Å². The Morgan fingerprint density at radius 2 is 1.69 bits per heavy atom. The van der Waals surface area contributed by atoms with Crippen LogP contribution in [0.3, 0.4) is 0 Å². The molecule has 0 bridgehead atoms. The number of carbonyl (C=O) groups excluding carboxylic acids is 1. The van der Waals surface area contributed by atoms with E-state index in [1.54, 1.807) is 7.11 Å². The first kappa shape index (κ1) is 23.8. The van der Waals surface area contributed by atoms with Crippen molar-refractivity contribution in [3.05, 3.63) is 29.3 Å². The van der Waals surface area contributed by atoms with Gasteiger partial charge >= 0.3 is 0 Å². The lowest BCUT2D eigenvalue weighted by molar-refractivity contribution is -0.128. The zero-order valence-corrected chi connectivity index (χ0v) is 20.4. The number of piperidine rings is 1. The van der Waals surface area contributed by atoms with Crippen LogP contribution in [0, 0.1) is 11.8 Å². The van der Waals surface area contributed by atoms with Gasteiger partial charge in [-0.2, -0.15) is 0 Å². The molecule has 4 rings (SSSR count). The van der Waals surface area contributed by atoms with E-state index < -0.39 is 0 Å². The zero-order valence-electron chi connectivity index (χ0n) is 20.4. The summed E-state index contributed by atoms with van der Waals surface area (Å²) in [4.78, 5) is 16.0. The molecule has 0 aromatic heterocycles. The number of hydrogen-bond acceptors (Lipinski definition) is 4. The molecule has 2 aliphatic carbocycles. The highest BCUT2D eigenvalue weighted by Crippen LogP contribution is 2.33. The summed E-state index contributed by atoms with van der Waals surface area (Å²) in [6, 6.07) is 7.97.